The third-order valence-corrected chi connectivity index (χ3v) is 13.3. The fourth-order valence-corrected chi connectivity index (χ4v) is 9.96. The Morgan fingerprint density at radius 3 is 2.49 bits per heavy atom. The van der Waals surface area contributed by atoms with Crippen molar-refractivity contribution in [3.05, 3.63) is 119 Å². The Morgan fingerprint density at radius 2 is 1.82 bits per heavy atom. The number of rotatable bonds is 19. The predicted octanol–water partition coefficient (Wildman–Crippen LogP) is 8.82. The largest absolute Gasteiger partial charge is 0.490 e. The van der Waals surface area contributed by atoms with Gasteiger partial charge in [0.05, 0.1) is 23.0 Å². The van der Waals surface area contributed by atoms with E-state index < -0.39 is 45.8 Å². The number of benzene rings is 3. The van der Waals surface area contributed by atoms with Crippen molar-refractivity contribution >= 4 is 39.2 Å². The van der Waals surface area contributed by atoms with Crippen LogP contribution in [0.1, 0.15) is 79.1 Å². The van der Waals surface area contributed by atoms with Crippen LogP contribution in [-0.4, -0.2) is 66.8 Å². The van der Waals surface area contributed by atoms with Gasteiger partial charge in [0.15, 0.2) is 6.29 Å². The molecule has 1 fully saturated rings. The Hall–Kier alpha value is -4.20. The molecule has 0 bridgehead atoms. The van der Waals surface area contributed by atoms with Crippen LogP contribution in [0, 0.1) is 17.8 Å². The number of aliphatic hydroxyl groups is 1. The molecule has 57 heavy (non-hydrogen) atoms. The average molecular weight is 822 g/mol. The van der Waals surface area contributed by atoms with Crippen molar-refractivity contribution in [2.75, 3.05) is 38.4 Å². The summed E-state index contributed by atoms with van der Waals surface area (Å²) in [6, 6.07) is 19.9. The topological polar surface area (TPSA) is 145 Å². The van der Waals surface area contributed by atoms with E-state index in [2.05, 4.69) is 27.6 Å². The number of allylic oxidation sites excluding steroid dienone is 1. The van der Waals surface area contributed by atoms with E-state index in [9.17, 15) is 18.9 Å². The summed E-state index contributed by atoms with van der Waals surface area (Å²) in [5.74, 6) is -0.431. The van der Waals surface area contributed by atoms with Crippen LogP contribution in [0.5, 0.6) is 5.75 Å². The van der Waals surface area contributed by atoms with Gasteiger partial charge in [0.25, 0.3) is 5.91 Å². The zero-order chi connectivity index (χ0) is 41.2. The SMILES string of the molecule is C=CC[C@H](C)CS(=O)(=NC(=O)c1ccc(OC[C@@]2(C(OC)OC)CCCc3cc(Cl)ccc32)c(NC[C@@H]2CC[C@H]2[C@@H](O)C=C)c1)NC(=O)O[C@@H](C)c1ccccc1. The van der Waals surface area contributed by atoms with Crippen molar-refractivity contribution in [1.29, 1.82) is 0 Å². The second-order valence-corrected chi connectivity index (χ2v) is 17.6. The minimum Gasteiger partial charge on any atom is -0.490 e. The molecule has 3 N–H and O–H groups in total. The van der Waals surface area contributed by atoms with E-state index in [0.717, 1.165) is 48.8 Å². The van der Waals surface area contributed by atoms with E-state index >= 15 is 0 Å². The Bertz CT molecular complexity index is 2000. The molecule has 3 aromatic rings. The molecule has 5 rings (SSSR count). The Kier molecular flexibility index (Phi) is 15.4. The summed E-state index contributed by atoms with van der Waals surface area (Å²) in [6.07, 6.45) is 5.14. The lowest BCUT2D eigenvalue weighted by molar-refractivity contribution is -0.162. The second-order valence-electron chi connectivity index (χ2n) is 15.1. The van der Waals surface area contributed by atoms with Gasteiger partial charge in [0, 0.05) is 31.4 Å². The van der Waals surface area contributed by atoms with Gasteiger partial charge in [-0.15, -0.1) is 17.5 Å². The van der Waals surface area contributed by atoms with Gasteiger partial charge >= 0.3 is 6.09 Å². The molecule has 2 amide bonds. The second kappa shape index (κ2) is 20.0. The summed E-state index contributed by atoms with van der Waals surface area (Å²) in [5, 5.41) is 14.6. The molecule has 7 atom stereocenters. The van der Waals surface area contributed by atoms with Crippen molar-refractivity contribution in [1.82, 2.24) is 4.72 Å². The number of aliphatic hydroxyl groups excluding tert-OH is 1. The summed E-state index contributed by atoms with van der Waals surface area (Å²) in [4.78, 5) is 27.1. The molecular formula is C44H56ClN3O8S. The maximum absolute atomic E-state index is 14.3. The number of hydrogen-bond donors (Lipinski definition) is 3. The maximum atomic E-state index is 14.3. The molecule has 0 heterocycles. The molecule has 1 unspecified atom stereocenters. The summed E-state index contributed by atoms with van der Waals surface area (Å²) in [6.45, 7) is 11.8. The molecule has 2 aliphatic rings. The minimum absolute atomic E-state index is 0.0508. The van der Waals surface area contributed by atoms with Crippen LogP contribution < -0.4 is 14.8 Å². The van der Waals surface area contributed by atoms with Crippen LogP contribution >= 0.6 is 11.6 Å². The standard InChI is InChI=1S/C44H56ClN3O8S/c1-7-13-29(3)27-57(52,48-43(51)56-30(4)31-14-10-9-11-15-31)47-41(50)33-18-22-40(38(25-33)46-26-34-17-20-36(34)39(49)8-2)55-28-44(42(53-5)54-6)23-12-16-32-24-35(45)19-21-37(32)44/h7-11,14-15,18-19,21-22,24-25,29-30,34,36,39,42,46,49H,1-2,12-13,16-17,20,23,26-28H2,3-6H3,(H,47,48,50,51,52)/t29-,30-,34-,36+,39-,44-,57?/m0/s1. The van der Waals surface area contributed by atoms with Crippen LogP contribution in [0.3, 0.4) is 0 Å². The normalized spacial score (nSPS) is 21.4. The highest BCUT2D eigenvalue weighted by Crippen LogP contribution is 2.44. The molecule has 1 saturated carbocycles. The quantitative estimate of drug-likeness (QED) is 0.0798. The first kappa shape index (κ1) is 43.9. The van der Waals surface area contributed by atoms with Crippen LogP contribution in [0.25, 0.3) is 0 Å². The number of anilines is 1. The first-order chi connectivity index (χ1) is 27.3. The highest BCUT2D eigenvalue weighted by atomic mass is 35.5. The lowest BCUT2D eigenvalue weighted by Crippen LogP contribution is -2.49. The van der Waals surface area contributed by atoms with Crippen LogP contribution in [-0.2, 0) is 36.0 Å². The van der Waals surface area contributed by atoms with Crippen LogP contribution in [0.15, 0.2) is 96.4 Å². The van der Waals surface area contributed by atoms with Gasteiger partial charge < -0.3 is 29.4 Å². The Balaban J connectivity index is 1.47. The highest BCUT2D eigenvalue weighted by molar-refractivity contribution is 7.92. The molecule has 0 aliphatic heterocycles. The summed E-state index contributed by atoms with van der Waals surface area (Å²) >= 11 is 6.41. The molecule has 0 radical (unpaired) electrons. The molecule has 308 valence electrons. The molecular weight excluding hydrogens is 766 g/mol. The van der Waals surface area contributed by atoms with Crippen LogP contribution in [0.2, 0.25) is 5.02 Å². The van der Waals surface area contributed by atoms with Gasteiger partial charge in [0.1, 0.15) is 28.4 Å². The molecule has 0 spiro atoms. The number of fused-ring (bicyclic) bond motifs is 1. The van der Waals surface area contributed by atoms with E-state index in [1.165, 1.54) is 0 Å². The third-order valence-electron chi connectivity index (χ3n) is 11.1. The highest BCUT2D eigenvalue weighted by Gasteiger charge is 2.46. The first-order valence-electron chi connectivity index (χ1n) is 19.4. The average Bonchev–Trinajstić information content (AvgIpc) is 3.17. The zero-order valence-corrected chi connectivity index (χ0v) is 34.9. The number of ether oxygens (including phenoxy) is 4. The molecule has 2 aliphatic carbocycles. The van der Waals surface area contributed by atoms with E-state index in [1.54, 1.807) is 51.5 Å². The van der Waals surface area contributed by atoms with Gasteiger partial charge in [-0.1, -0.05) is 67.1 Å². The van der Waals surface area contributed by atoms with E-state index in [-0.39, 0.29) is 35.7 Å². The lowest BCUT2D eigenvalue weighted by Gasteiger charge is -2.43. The van der Waals surface area contributed by atoms with Crippen molar-refractivity contribution in [3.63, 3.8) is 0 Å². The molecule has 13 heteroatoms. The number of nitrogens with zero attached hydrogens (tertiary/aromatic N) is 1. The van der Waals surface area contributed by atoms with Crippen molar-refractivity contribution in [2.45, 2.75) is 76.3 Å². The number of hydrogen-bond acceptors (Lipinski definition) is 9. The summed E-state index contributed by atoms with van der Waals surface area (Å²) in [7, 11) is -0.432. The smallest absolute Gasteiger partial charge is 0.420 e. The van der Waals surface area contributed by atoms with E-state index in [0.29, 0.717) is 29.4 Å². The van der Waals surface area contributed by atoms with Crippen molar-refractivity contribution in [2.24, 2.45) is 22.1 Å². The number of methoxy groups -OCH3 is 2. The molecule has 0 aromatic heterocycles. The number of aryl methyl sites for hydroxylation is 1. The lowest BCUT2D eigenvalue weighted by atomic mass is 9.69. The number of halogens is 1. The summed E-state index contributed by atoms with van der Waals surface area (Å²) < 4.78 is 44.9. The van der Waals surface area contributed by atoms with Gasteiger partial charge in [-0.2, -0.15) is 0 Å². The van der Waals surface area contributed by atoms with Crippen molar-refractivity contribution < 1.29 is 37.9 Å². The first-order valence-corrected chi connectivity index (χ1v) is 21.5. The maximum Gasteiger partial charge on any atom is 0.420 e. The number of nitrogens with one attached hydrogen (secondary N) is 2. The predicted molar refractivity (Wildman–Crippen MR) is 225 cm³/mol. The van der Waals surface area contributed by atoms with Gasteiger partial charge in [0.2, 0.25) is 0 Å². The van der Waals surface area contributed by atoms with E-state index in [1.807, 2.05) is 55.5 Å². The van der Waals surface area contributed by atoms with Gasteiger partial charge in [-0.05, 0) is 110 Å². The monoisotopic (exact) mass is 821 g/mol. The molecule has 0 saturated heterocycles. The number of carbonyl (C=O) groups is 2. The number of amides is 2. The fourth-order valence-electron chi connectivity index (χ4n) is 7.97. The molecule has 11 nitrogen and oxygen atoms in total. The summed E-state index contributed by atoms with van der Waals surface area (Å²) in [5.41, 5.74) is 2.86. The Labute approximate surface area is 342 Å². The Morgan fingerprint density at radius 1 is 1.07 bits per heavy atom. The van der Waals surface area contributed by atoms with E-state index in [4.69, 9.17) is 30.5 Å². The van der Waals surface area contributed by atoms with Crippen LogP contribution in [0.4, 0.5) is 10.5 Å². The fraction of sp³-hybridized carbons (Fsp3) is 0.455. The van der Waals surface area contributed by atoms with Crippen molar-refractivity contribution in [3.8, 4) is 5.75 Å². The number of carbonyl (C=O) groups excluding carboxylic acids is 2. The molecule has 3 aromatic carbocycles. The van der Waals surface area contributed by atoms with Gasteiger partial charge in [-0.25, -0.2) is 13.7 Å². The zero-order valence-electron chi connectivity index (χ0n) is 33.3. The minimum atomic E-state index is -3.65. The third kappa shape index (κ3) is 10.9. The van der Waals surface area contributed by atoms with Gasteiger partial charge in [-0.3, -0.25) is 4.79 Å².